The van der Waals surface area contributed by atoms with Crippen molar-refractivity contribution in [2.24, 2.45) is 0 Å². The summed E-state index contributed by atoms with van der Waals surface area (Å²) in [5.74, 6) is 0. The van der Waals surface area contributed by atoms with Crippen LogP contribution >= 0.6 is 11.6 Å². The fourth-order valence-corrected chi connectivity index (χ4v) is 1.67. The molecular formula is C11H11ClN2O. The summed E-state index contributed by atoms with van der Waals surface area (Å²) in [6, 6.07) is 9.07. The molecule has 0 fully saturated rings. The minimum Gasteiger partial charge on any atom is -0.300 e. The first-order chi connectivity index (χ1) is 7.16. The molecule has 0 aliphatic heterocycles. The highest BCUT2D eigenvalue weighted by atomic mass is 35.5. The van der Waals surface area contributed by atoms with Gasteiger partial charge in [-0.25, -0.2) is 4.68 Å². The lowest BCUT2D eigenvalue weighted by atomic mass is 10.2. The molecule has 2 aromatic rings. The van der Waals surface area contributed by atoms with Gasteiger partial charge in [-0.2, -0.15) is 0 Å². The van der Waals surface area contributed by atoms with E-state index in [0.29, 0.717) is 11.6 Å². The van der Waals surface area contributed by atoms with Gasteiger partial charge in [-0.1, -0.05) is 29.8 Å². The van der Waals surface area contributed by atoms with Crippen LogP contribution in [0, 0.1) is 6.92 Å². The monoisotopic (exact) mass is 222 g/mol. The number of benzene rings is 1. The van der Waals surface area contributed by atoms with Crippen LogP contribution in [0.4, 0.5) is 0 Å². The quantitative estimate of drug-likeness (QED) is 0.831. The number of nitrogens with one attached hydrogen (secondary N) is 1. The number of nitrogens with zero attached hydrogens (tertiary/aromatic N) is 1. The van der Waals surface area contributed by atoms with Gasteiger partial charge < -0.3 is 0 Å². The number of aryl methyl sites for hydroxylation is 1. The van der Waals surface area contributed by atoms with Gasteiger partial charge in [0.15, 0.2) is 0 Å². The zero-order valence-corrected chi connectivity index (χ0v) is 9.08. The average Bonchev–Trinajstić information content (AvgIpc) is 2.49. The molecule has 1 aromatic carbocycles. The molecule has 0 unspecified atom stereocenters. The van der Waals surface area contributed by atoms with Gasteiger partial charge in [-0.3, -0.25) is 9.89 Å². The van der Waals surface area contributed by atoms with Crippen LogP contribution in [0.1, 0.15) is 11.3 Å². The molecule has 0 saturated heterocycles. The van der Waals surface area contributed by atoms with E-state index >= 15 is 0 Å². The molecule has 1 aromatic heterocycles. The molecule has 0 spiro atoms. The standard InChI is InChI=1S/C11H11ClN2O/c1-8-6-11(15)14(13-8)7-9-4-2-3-5-10(9)12/h2-6,13H,7H2,1H3. The summed E-state index contributed by atoms with van der Waals surface area (Å²) in [4.78, 5) is 11.4. The van der Waals surface area contributed by atoms with Gasteiger partial charge in [0, 0.05) is 16.8 Å². The van der Waals surface area contributed by atoms with E-state index in [-0.39, 0.29) is 5.56 Å². The van der Waals surface area contributed by atoms with E-state index in [1.165, 1.54) is 4.68 Å². The highest BCUT2D eigenvalue weighted by Crippen LogP contribution is 2.15. The number of aromatic nitrogens is 2. The Kier molecular flexibility index (Phi) is 2.64. The van der Waals surface area contributed by atoms with Crippen molar-refractivity contribution < 1.29 is 0 Å². The van der Waals surface area contributed by atoms with E-state index in [1.54, 1.807) is 6.07 Å². The molecule has 0 radical (unpaired) electrons. The molecule has 15 heavy (non-hydrogen) atoms. The first-order valence-electron chi connectivity index (χ1n) is 4.66. The molecule has 78 valence electrons. The maximum absolute atomic E-state index is 11.4. The molecule has 1 N–H and O–H groups in total. The number of halogens is 1. The van der Waals surface area contributed by atoms with E-state index < -0.39 is 0 Å². The minimum atomic E-state index is -0.0348. The van der Waals surface area contributed by atoms with Gasteiger partial charge in [0.1, 0.15) is 0 Å². The van der Waals surface area contributed by atoms with Crippen molar-refractivity contribution in [1.82, 2.24) is 9.78 Å². The largest absolute Gasteiger partial charge is 0.300 e. The highest BCUT2D eigenvalue weighted by molar-refractivity contribution is 6.31. The van der Waals surface area contributed by atoms with Crippen molar-refractivity contribution in [1.29, 1.82) is 0 Å². The summed E-state index contributed by atoms with van der Waals surface area (Å²) in [6.45, 7) is 2.33. The number of hydrogen-bond donors (Lipinski definition) is 1. The molecule has 0 saturated carbocycles. The summed E-state index contributed by atoms with van der Waals surface area (Å²) >= 11 is 6.00. The number of rotatable bonds is 2. The Morgan fingerprint density at radius 2 is 2.13 bits per heavy atom. The van der Waals surface area contributed by atoms with Gasteiger partial charge in [-0.15, -0.1) is 0 Å². The van der Waals surface area contributed by atoms with Crippen molar-refractivity contribution in [3.8, 4) is 0 Å². The Hall–Kier alpha value is -1.48. The second-order valence-corrected chi connectivity index (χ2v) is 3.86. The fraction of sp³-hybridized carbons (Fsp3) is 0.182. The third-order valence-corrected chi connectivity index (χ3v) is 2.57. The lowest BCUT2D eigenvalue weighted by Crippen LogP contribution is -2.16. The number of aromatic amines is 1. The van der Waals surface area contributed by atoms with Gasteiger partial charge in [0.05, 0.1) is 6.54 Å². The molecule has 1 heterocycles. The predicted octanol–water partition coefficient (Wildman–Crippen LogP) is 2.19. The Bertz CT molecular complexity index is 527. The van der Waals surface area contributed by atoms with Crippen LogP contribution in [0.15, 0.2) is 35.1 Å². The van der Waals surface area contributed by atoms with Crippen molar-refractivity contribution in [3.05, 3.63) is 57.0 Å². The smallest absolute Gasteiger partial charge is 0.267 e. The van der Waals surface area contributed by atoms with Crippen molar-refractivity contribution >= 4 is 11.6 Å². The first kappa shape index (κ1) is 10.1. The Labute approximate surface area is 92.3 Å². The van der Waals surface area contributed by atoms with Crippen LogP contribution in [-0.2, 0) is 6.54 Å². The van der Waals surface area contributed by atoms with Crippen LogP contribution in [0.2, 0.25) is 5.02 Å². The summed E-state index contributed by atoms with van der Waals surface area (Å²) in [6.07, 6.45) is 0. The zero-order valence-electron chi connectivity index (χ0n) is 8.33. The predicted molar refractivity (Wildman–Crippen MR) is 60.3 cm³/mol. The molecule has 0 bridgehead atoms. The minimum absolute atomic E-state index is 0.0348. The SMILES string of the molecule is Cc1cc(=O)n(Cc2ccccc2Cl)[nH]1. The molecule has 0 atom stereocenters. The second kappa shape index (κ2) is 3.95. The summed E-state index contributed by atoms with van der Waals surface area (Å²) in [7, 11) is 0. The third kappa shape index (κ3) is 2.13. The van der Waals surface area contributed by atoms with Crippen LogP contribution in [0.3, 0.4) is 0 Å². The van der Waals surface area contributed by atoms with Crippen molar-refractivity contribution in [2.75, 3.05) is 0 Å². The summed E-state index contributed by atoms with van der Waals surface area (Å²) < 4.78 is 1.54. The van der Waals surface area contributed by atoms with Crippen LogP contribution in [0.5, 0.6) is 0 Å². The first-order valence-corrected chi connectivity index (χ1v) is 5.04. The average molecular weight is 223 g/mol. The Balaban J connectivity index is 2.34. The lowest BCUT2D eigenvalue weighted by Gasteiger charge is -2.04. The summed E-state index contributed by atoms with van der Waals surface area (Å²) in [5, 5.41) is 3.64. The number of H-pyrrole nitrogens is 1. The zero-order chi connectivity index (χ0) is 10.8. The van der Waals surface area contributed by atoms with E-state index in [4.69, 9.17) is 11.6 Å². The Morgan fingerprint density at radius 3 is 2.73 bits per heavy atom. The highest BCUT2D eigenvalue weighted by Gasteiger charge is 2.03. The lowest BCUT2D eigenvalue weighted by molar-refractivity contribution is 0.658. The molecule has 4 heteroatoms. The van der Waals surface area contributed by atoms with Gasteiger partial charge >= 0.3 is 0 Å². The van der Waals surface area contributed by atoms with E-state index in [9.17, 15) is 4.79 Å². The summed E-state index contributed by atoms with van der Waals surface area (Å²) in [5.41, 5.74) is 1.75. The third-order valence-electron chi connectivity index (χ3n) is 2.20. The molecule has 0 aliphatic carbocycles. The van der Waals surface area contributed by atoms with Gasteiger partial charge in [-0.05, 0) is 18.6 Å². The van der Waals surface area contributed by atoms with Crippen LogP contribution in [0.25, 0.3) is 0 Å². The molecule has 0 amide bonds. The van der Waals surface area contributed by atoms with Crippen LogP contribution in [-0.4, -0.2) is 9.78 Å². The molecule has 2 rings (SSSR count). The fourth-order valence-electron chi connectivity index (χ4n) is 1.48. The molecular weight excluding hydrogens is 212 g/mol. The second-order valence-electron chi connectivity index (χ2n) is 3.45. The molecule has 0 aliphatic rings. The Morgan fingerprint density at radius 1 is 1.40 bits per heavy atom. The maximum atomic E-state index is 11.4. The number of hydrogen-bond acceptors (Lipinski definition) is 1. The van der Waals surface area contributed by atoms with E-state index in [0.717, 1.165) is 11.3 Å². The maximum Gasteiger partial charge on any atom is 0.267 e. The van der Waals surface area contributed by atoms with Gasteiger partial charge in [0.2, 0.25) is 0 Å². The van der Waals surface area contributed by atoms with Crippen molar-refractivity contribution in [2.45, 2.75) is 13.5 Å². The molecule has 3 nitrogen and oxygen atoms in total. The van der Waals surface area contributed by atoms with Gasteiger partial charge in [0.25, 0.3) is 5.56 Å². The van der Waals surface area contributed by atoms with E-state index in [2.05, 4.69) is 5.10 Å². The van der Waals surface area contributed by atoms with E-state index in [1.807, 2.05) is 31.2 Å². The van der Waals surface area contributed by atoms with Crippen LogP contribution < -0.4 is 5.56 Å². The van der Waals surface area contributed by atoms with Crippen molar-refractivity contribution in [3.63, 3.8) is 0 Å². The topological polar surface area (TPSA) is 37.8 Å². The normalized spacial score (nSPS) is 10.5.